The van der Waals surface area contributed by atoms with Gasteiger partial charge in [-0.15, -0.1) is 0 Å². The van der Waals surface area contributed by atoms with Crippen molar-refractivity contribution in [3.8, 4) is 0 Å². The third kappa shape index (κ3) is 4.68. The molecule has 6 heteroatoms. The van der Waals surface area contributed by atoms with Gasteiger partial charge >= 0.3 is 0 Å². The van der Waals surface area contributed by atoms with E-state index in [1.54, 1.807) is 0 Å². The van der Waals surface area contributed by atoms with Gasteiger partial charge in [-0.05, 0) is 6.58 Å². The van der Waals surface area contributed by atoms with E-state index in [9.17, 15) is 4.79 Å². The molecule has 0 spiro atoms. The van der Waals surface area contributed by atoms with Crippen molar-refractivity contribution in [2.24, 2.45) is 20.9 Å². The molecule has 0 aromatic carbocycles. The highest BCUT2D eigenvalue weighted by atomic mass is 16.7. The molecule has 112 valence electrons. The fourth-order valence-corrected chi connectivity index (χ4v) is 1.39. The Morgan fingerprint density at radius 1 is 1.15 bits per heavy atom. The summed E-state index contributed by atoms with van der Waals surface area (Å²) < 4.78 is 0. The van der Waals surface area contributed by atoms with Gasteiger partial charge in [0.15, 0.2) is 0 Å². The van der Waals surface area contributed by atoms with Gasteiger partial charge < -0.3 is 4.84 Å². The number of hydrazone groups is 1. The summed E-state index contributed by atoms with van der Waals surface area (Å²) in [5.74, 6) is 1.27. The van der Waals surface area contributed by atoms with E-state index in [1.807, 2.05) is 20.8 Å². The van der Waals surface area contributed by atoms with Crippen molar-refractivity contribution in [3.63, 3.8) is 0 Å². The molecule has 0 aliphatic carbocycles. The van der Waals surface area contributed by atoms with E-state index < -0.39 is 0 Å². The SMILES string of the molecule is C=C1N=C(C(C)(C)C)NO1.CC(C)(C)C1=NNC(=O)C1. The average molecular weight is 280 g/mol. The first kappa shape index (κ1) is 16.2. The van der Waals surface area contributed by atoms with Crippen molar-refractivity contribution in [2.45, 2.75) is 48.0 Å². The lowest BCUT2D eigenvalue weighted by molar-refractivity contribution is -0.119. The van der Waals surface area contributed by atoms with Gasteiger partial charge in [-0.25, -0.2) is 10.9 Å². The smallest absolute Gasteiger partial charge is 0.245 e. The Kier molecular flexibility index (Phi) is 4.57. The van der Waals surface area contributed by atoms with Gasteiger partial charge in [-0.1, -0.05) is 41.5 Å². The molecule has 0 saturated carbocycles. The minimum absolute atomic E-state index is 0.00456. The zero-order valence-electron chi connectivity index (χ0n) is 13.1. The maximum Gasteiger partial charge on any atom is 0.245 e. The van der Waals surface area contributed by atoms with Gasteiger partial charge in [-0.3, -0.25) is 4.79 Å². The number of carbonyl (C=O) groups excluding carboxylic acids is 1. The van der Waals surface area contributed by atoms with Crippen molar-refractivity contribution in [1.29, 1.82) is 0 Å². The van der Waals surface area contributed by atoms with Crippen LogP contribution in [0.15, 0.2) is 22.6 Å². The molecule has 2 aliphatic heterocycles. The first-order chi connectivity index (χ1) is 9.00. The van der Waals surface area contributed by atoms with E-state index in [2.05, 4.69) is 48.3 Å². The van der Waals surface area contributed by atoms with E-state index in [0.29, 0.717) is 12.3 Å². The Labute approximate surface area is 120 Å². The summed E-state index contributed by atoms with van der Waals surface area (Å²) in [5, 5.41) is 3.91. The summed E-state index contributed by atoms with van der Waals surface area (Å²) in [7, 11) is 0. The second-order valence-corrected chi connectivity index (χ2v) is 6.83. The molecule has 20 heavy (non-hydrogen) atoms. The van der Waals surface area contributed by atoms with Gasteiger partial charge in [0, 0.05) is 10.8 Å². The highest BCUT2D eigenvalue weighted by Gasteiger charge is 2.25. The van der Waals surface area contributed by atoms with Crippen molar-refractivity contribution < 1.29 is 9.63 Å². The number of carbonyl (C=O) groups is 1. The summed E-state index contributed by atoms with van der Waals surface area (Å²) in [4.78, 5) is 19.6. The van der Waals surface area contributed by atoms with Crippen LogP contribution < -0.4 is 10.9 Å². The highest BCUT2D eigenvalue weighted by Crippen LogP contribution is 2.20. The van der Waals surface area contributed by atoms with Crippen LogP contribution in [-0.4, -0.2) is 17.5 Å². The average Bonchev–Trinajstić information content (AvgIpc) is 2.85. The number of amidine groups is 1. The Bertz CT molecular complexity index is 465. The van der Waals surface area contributed by atoms with E-state index in [-0.39, 0.29) is 16.7 Å². The normalized spacial score (nSPS) is 18.3. The number of nitrogens with zero attached hydrogens (tertiary/aromatic N) is 2. The maximum atomic E-state index is 10.7. The van der Waals surface area contributed by atoms with Crippen LogP contribution in [0.3, 0.4) is 0 Å². The Hall–Kier alpha value is -1.85. The van der Waals surface area contributed by atoms with Crippen LogP contribution in [0.1, 0.15) is 48.0 Å². The molecule has 0 unspecified atom stereocenters. The predicted octanol–water partition coefficient (Wildman–Crippen LogP) is 2.35. The predicted molar refractivity (Wildman–Crippen MR) is 79.9 cm³/mol. The molecule has 2 aliphatic rings. The van der Waals surface area contributed by atoms with Crippen LogP contribution in [0.2, 0.25) is 0 Å². The fraction of sp³-hybridized carbons (Fsp3) is 0.643. The largest absolute Gasteiger partial charge is 0.361 e. The molecule has 0 aromatic rings. The first-order valence-corrected chi connectivity index (χ1v) is 6.57. The number of hydrogen-bond acceptors (Lipinski definition) is 5. The molecule has 0 bridgehead atoms. The van der Waals surface area contributed by atoms with Crippen molar-refractivity contribution in [3.05, 3.63) is 12.5 Å². The van der Waals surface area contributed by atoms with Gasteiger partial charge in [0.2, 0.25) is 11.8 Å². The molecule has 2 rings (SSSR count). The van der Waals surface area contributed by atoms with Gasteiger partial charge in [-0.2, -0.15) is 10.1 Å². The van der Waals surface area contributed by atoms with Crippen molar-refractivity contribution in [2.75, 3.05) is 0 Å². The summed E-state index contributed by atoms with van der Waals surface area (Å²) in [6.45, 7) is 15.9. The monoisotopic (exact) mass is 280 g/mol. The number of amides is 1. The Morgan fingerprint density at radius 3 is 1.95 bits per heavy atom. The molecule has 2 N–H and O–H groups in total. The summed E-state index contributed by atoms with van der Waals surface area (Å²) >= 11 is 0. The van der Waals surface area contributed by atoms with Crippen LogP contribution in [0, 0.1) is 10.8 Å². The standard InChI is InChI=1S/2C7H12N2O/c1-7(2,3)5-4-6(10)9-8-5;1-5-8-6(9-10-5)7(2,3)4/h4H2,1-3H3,(H,9,10);1H2,2-4H3,(H,8,9). The molecular formula is C14H24N4O2. The van der Waals surface area contributed by atoms with Crippen LogP contribution >= 0.6 is 0 Å². The zero-order valence-corrected chi connectivity index (χ0v) is 13.1. The fourth-order valence-electron chi connectivity index (χ4n) is 1.39. The number of aliphatic imine (C=N–C) groups is 1. The Balaban J connectivity index is 0.000000200. The van der Waals surface area contributed by atoms with Crippen LogP contribution in [-0.2, 0) is 9.63 Å². The Morgan fingerprint density at radius 2 is 1.75 bits per heavy atom. The van der Waals surface area contributed by atoms with E-state index in [0.717, 1.165) is 11.5 Å². The second kappa shape index (κ2) is 5.64. The van der Waals surface area contributed by atoms with E-state index in [4.69, 9.17) is 4.84 Å². The lowest BCUT2D eigenvalue weighted by Crippen LogP contribution is -2.30. The molecule has 0 atom stereocenters. The van der Waals surface area contributed by atoms with Crippen LogP contribution in [0.5, 0.6) is 0 Å². The molecule has 0 saturated heterocycles. The topological polar surface area (TPSA) is 75.1 Å². The number of rotatable bonds is 0. The lowest BCUT2D eigenvalue weighted by Gasteiger charge is -2.16. The molecule has 6 nitrogen and oxygen atoms in total. The third-order valence-electron chi connectivity index (χ3n) is 2.72. The van der Waals surface area contributed by atoms with Gasteiger partial charge in [0.05, 0.1) is 12.1 Å². The van der Waals surface area contributed by atoms with Crippen molar-refractivity contribution in [1.82, 2.24) is 10.9 Å². The number of nitrogens with one attached hydrogen (secondary N) is 2. The van der Waals surface area contributed by atoms with Crippen LogP contribution in [0.25, 0.3) is 0 Å². The molecule has 0 radical (unpaired) electrons. The molecular weight excluding hydrogens is 256 g/mol. The number of hydrogen-bond donors (Lipinski definition) is 2. The van der Waals surface area contributed by atoms with Crippen LogP contribution in [0.4, 0.5) is 0 Å². The third-order valence-corrected chi connectivity index (χ3v) is 2.72. The minimum Gasteiger partial charge on any atom is -0.361 e. The molecule has 1 amide bonds. The van der Waals surface area contributed by atoms with Gasteiger partial charge in [0.25, 0.3) is 0 Å². The molecule has 2 heterocycles. The van der Waals surface area contributed by atoms with Crippen molar-refractivity contribution >= 4 is 17.5 Å². The lowest BCUT2D eigenvalue weighted by atomic mass is 9.88. The first-order valence-electron chi connectivity index (χ1n) is 6.57. The van der Waals surface area contributed by atoms with Gasteiger partial charge in [0.1, 0.15) is 5.84 Å². The molecule has 0 fully saturated rings. The summed E-state index contributed by atoms with van der Waals surface area (Å²) in [6.07, 6.45) is 0.462. The minimum atomic E-state index is 0.00456. The number of hydroxylamine groups is 1. The maximum absolute atomic E-state index is 10.7. The zero-order chi connectivity index (χ0) is 15.6. The highest BCUT2D eigenvalue weighted by molar-refractivity contribution is 6.07. The van der Waals surface area contributed by atoms with E-state index >= 15 is 0 Å². The van der Waals surface area contributed by atoms with E-state index in [1.165, 1.54) is 0 Å². The quantitative estimate of drug-likeness (QED) is 0.715. The molecule has 0 aromatic heterocycles. The second-order valence-electron chi connectivity index (χ2n) is 6.83. The summed E-state index contributed by atoms with van der Waals surface area (Å²) in [5.41, 5.74) is 6.10. The summed E-state index contributed by atoms with van der Waals surface area (Å²) in [6, 6.07) is 0.